The predicted molar refractivity (Wildman–Crippen MR) is 122 cm³/mol. The van der Waals surface area contributed by atoms with Crippen molar-refractivity contribution in [3.05, 3.63) is 94.3 Å². The Morgan fingerprint density at radius 2 is 1.79 bits per heavy atom. The number of carbonyl (C=O) groups is 1. The van der Waals surface area contributed by atoms with Crippen molar-refractivity contribution in [3.8, 4) is 17.2 Å². The second-order valence-electron chi connectivity index (χ2n) is 7.28. The van der Waals surface area contributed by atoms with E-state index in [1.807, 2.05) is 54.6 Å². The summed E-state index contributed by atoms with van der Waals surface area (Å²) in [5.41, 5.74) is 5.83. The molecule has 0 bridgehead atoms. The Morgan fingerprint density at radius 3 is 2.53 bits per heavy atom. The fourth-order valence-electron chi connectivity index (χ4n) is 3.52. The molecule has 34 heavy (non-hydrogen) atoms. The summed E-state index contributed by atoms with van der Waals surface area (Å²) in [7, 11) is 0. The molecule has 1 aliphatic rings. The van der Waals surface area contributed by atoms with Crippen molar-refractivity contribution in [2.45, 2.75) is 16.2 Å². The first-order valence-corrected chi connectivity index (χ1v) is 11.0. The molecule has 3 aromatic carbocycles. The summed E-state index contributed by atoms with van der Waals surface area (Å²) in [5, 5.41) is 20.7. The van der Waals surface area contributed by atoms with Crippen molar-refractivity contribution in [1.82, 2.24) is 14.8 Å². The number of amides is 1. The second kappa shape index (κ2) is 8.87. The Bertz CT molecular complexity index is 1390. The second-order valence-corrected chi connectivity index (χ2v) is 8.29. The van der Waals surface area contributed by atoms with Crippen LogP contribution in [0.1, 0.15) is 22.3 Å². The zero-order chi connectivity index (χ0) is 23.7. The van der Waals surface area contributed by atoms with E-state index in [1.165, 1.54) is 12.1 Å². The average Bonchev–Trinajstić information content (AvgIpc) is 3.27. The van der Waals surface area contributed by atoms with Crippen LogP contribution in [0.3, 0.4) is 0 Å². The van der Waals surface area contributed by atoms with Crippen molar-refractivity contribution < 1.29 is 19.2 Å². The molecule has 10 nitrogen and oxygen atoms in total. The normalized spacial score (nSPS) is 14.5. The SMILES string of the molecule is NC(=O)c1ccc(Sc2nnc([C@H]3COc4ccccc4O3)n2-c2ccccc2)c([N+](=O)[O-])c1. The number of nitro benzene ring substituents is 1. The molecular weight excluding hydrogens is 458 g/mol. The van der Waals surface area contributed by atoms with E-state index < -0.39 is 16.9 Å². The molecule has 11 heteroatoms. The number of primary amides is 1. The van der Waals surface area contributed by atoms with E-state index in [-0.39, 0.29) is 22.8 Å². The molecule has 170 valence electrons. The van der Waals surface area contributed by atoms with Crippen molar-refractivity contribution in [3.63, 3.8) is 0 Å². The largest absolute Gasteiger partial charge is 0.485 e. The summed E-state index contributed by atoms with van der Waals surface area (Å²) in [5.74, 6) is 0.973. The predicted octanol–water partition coefficient (Wildman–Crippen LogP) is 3.94. The number of rotatable bonds is 6. The summed E-state index contributed by atoms with van der Waals surface area (Å²) in [6.07, 6.45) is -0.552. The highest BCUT2D eigenvalue weighted by Gasteiger charge is 2.30. The van der Waals surface area contributed by atoms with Gasteiger partial charge >= 0.3 is 0 Å². The molecule has 0 fully saturated rings. The number of ether oxygens (including phenoxy) is 2. The minimum Gasteiger partial charge on any atom is -0.485 e. The fraction of sp³-hybridized carbons (Fsp3) is 0.0870. The minimum absolute atomic E-state index is 0.0488. The molecule has 0 unspecified atom stereocenters. The highest BCUT2D eigenvalue weighted by Crippen LogP contribution is 2.39. The zero-order valence-corrected chi connectivity index (χ0v) is 18.3. The lowest BCUT2D eigenvalue weighted by molar-refractivity contribution is -0.387. The van der Waals surface area contributed by atoms with Gasteiger partial charge in [0.1, 0.15) is 6.61 Å². The number of benzene rings is 3. The zero-order valence-electron chi connectivity index (χ0n) is 17.5. The maximum atomic E-state index is 11.7. The Labute approximate surface area is 197 Å². The molecule has 5 rings (SSSR count). The minimum atomic E-state index is -0.746. The van der Waals surface area contributed by atoms with E-state index in [4.69, 9.17) is 15.2 Å². The van der Waals surface area contributed by atoms with Crippen molar-refractivity contribution in [2.75, 3.05) is 6.61 Å². The first kappa shape index (κ1) is 21.5. The van der Waals surface area contributed by atoms with Crippen LogP contribution in [0.15, 0.2) is 82.8 Å². The van der Waals surface area contributed by atoms with Gasteiger partial charge in [-0.25, -0.2) is 0 Å². The number of fused-ring (bicyclic) bond motifs is 1. The van der Waals surface area contributed by atoms with Crippen LogP contribution in [0, 0.1) is 10.1 Å². The van der Waals surface area contributed by atoms with Crippen LogP contribution >= 0.6 is 11.8 Å². The summed E-state index contributed by atoms with van der Waals surface area (Å²) in [4.78, 5) is 22.9. The third-order valence-electron chi connectivity index (χ3n) is 5.11. The number of carbonyl (C=O) groups excluding carboxylic acids is 1. The van der Waals surface area contributed by atoms with Crippen LogP contribution in [0.25, 0.3) is 5.69 Å². The summed E-state index contributed by atoms with van der Waals surface area (Å²) >= 11 is 1.05. The number of nitrogens with two attached hydrogens (primary N) is 1. The highest BCUT2D eigenvalue weighted by atomic mass is 32.2. The standard InChI is InChI=1S/C23H17N5O5S/c24-21(29)14-10-11-20(16(12-14)28(30)31)34-23-26-25-22(27(23)15-6-2-1-3-7-15)19-13-32-17-8-4-5-9-18(17)33-19/h1-12,19H,13H2,(H2,24,29)/t19-/m1/s1. The number of hydrogen-bond donors (Lipinski definition) is 1. The molecule has 2 N–H and O–H groups in total. The van der Waals surface area contributed by atoms with Crippen LogP contribution in [0.4, 0.5) is 5.69 Å². The quantitative estimate of drug-likeness (QED) is 0.327. The van der Waals surface area contributed by atoms with Crippen LogP contribution in [0.2, 0.25) is 0 Å². The van der Waals surface area contributed by atoms with Crippen LogP contribution < -0.4 is 15.2 Å². The van der Waals surface area contributed by atoms with E-state index in [0.717, 1.165) is 23.5 Å². The van der Waals surface area contributed by atoms with Gasteiger partial charge in [-0.1, -0.05) is 30.3 Å². The van der Waals surface area contributed by atoms with Gasteiger partial charge in [0.05, 0.1) is 9.82 Å². The Kier molecular flexibility index (Phi) is 5.60. The van der Waals surface area contributed by atoms with Crippen molar-refractivity contribution in [1.29, 1.82) is 0 Å². The monoisotopic (exact) mass is 475 g/mol. The first-order valence-electron chi connectivity index (χ1n) is 10.2. The number of nitro groups is 1. The summed E-state index contributed by atoms with van der Waals surface area (Å²) < 4.78 is 13.8. The summed E-state index contributed by atoms with van der Waals surface area (Å²) in [6, 6.07) is 20.8. The molecule has 0 aliphatic carbocycles. The number of aromatic nitrogens is 3. The van der Waals surface area contributed by atoms with E-state index in [0.29, 0.717) is 22.5 Å². The van der Waals surface area contributed by atoms with Crippen LogP contribution in [-0.2, 0) is 0 Å². The number of para-hydroxylation sites is 3. The van der Waals surface area contributed by atoms with Gasteiger partial charge in [-0.2, -0.15) is 0 Å². The van der Waals surface area contributed by atoms with Crippen LogP contribution in [0.5, 0.6) is 11.5 Å². The van der Waals surface area contributed by atoms with Crippen LogP contribution in [-0.4, -0.2) is 32.2 Å². The lowest BCUT2D eigenvalue weighted by Gasteiger charge is -2.26. The third-order valence-corrected chi connectivity index (χ3v) is 6.12. The van der Waals surface area contributed by atoms with E-state index in [9.17, 15) is 14.9 Å². The number of nitrogens with zero attached hydrogens (tertiary/aromatic N) is 4. The van der Waals surface area contributed by atoms with Gasteiger partial charge in [0.15, 0.2) is 23.4 Å². The molecule has 2 heterocycles. The van der Waals surface area contributed by atoms with Gasteiger partial charge in [-0.05, 0) is 48.2 Å². The van der Waals surface area contributed by atoms with Crippen molar-refractivity contribution >= 4 is 23.4 Å². The molecule has 0 saturated carbocycles. The maximum Gasteiger partial charge on any atom is 0.284 e. The van der Waals surface area contributed by atoms with Gasteiger partial charge in [-0.15, -0.1) is 10.2 Å². The molecule has 1 aromatic heterocycles. The highest BCUT2D eigenvalue weighted by molar-refractivity contribution is 7.99. The smallest absolute Gasteiger partial charge is 0.284 e. The lowest BCUT2D eigenvalue weighted by atomic mass is 10.2. The van der Waals surface area contributed by atoms with E-state index in [1.54, 1.807) is 4.57 Å². The number of hydrogen-bond acceptors (Lipinski definition) is 8. The van der Waals surface area contributed by atoms with Gasteiger partial charge < -0.3 is 15.2 Å². The molecule has 0 spiro atoms. The topological polar surface area (TPSA) is 135 Å². The van der Waals surface area contributed by atoms with E-state index in [2.05, 4.69) is 10.2 Å². The van der Waals surface area contributed by atoms with Gasteiger partial charge in [0, 0.05) is 17.3 Å². The van der Waals surface area contributed by atoms with Gasteiger partial charge in [0.2, 0.25) is 11.1 Å². The summed E-state index contributed by atoms with van der Waals surface area (Å²) in [6.45, 7) is 0.222. The Balaban J connectivity index is 1.57. The van der Waals surface area contributed by atoms with Gasteiger partial charge in [-0.3, -0.25) is 19.5 Å². The molecule has 1 atom stereocenters. The van der Waals surface area contributed by atoms with E-state index >= 15 is 0 Å². The first-order chi connectivity index (χ1) is 16.5. The molecule has 1 amide bonds. The lowest BCUT2D eigenvalue weighted by Crippen LogP contribution is -2.24. The maximum absolute atomic E-state index is 11.7. The van der Waals surface area contributed by atoms with Crippen molar-refractivity contribution in [2.24, 2.45) is 5.73 Å². The average molecular weight is 475 g/mol. The Hall–Kier alpha value is -4.38. The molecule has 4 aromatic rings. The Morgan fingerprint density at radius 1 is 1.06 bits per heavy atom. The molecule has 0 radical (unpaired) electrons. The molecular formula is C23H17N5O5S. The molecule has 0 saturated heterocycles. The third kappa shape index (κ3) is 4.04. The van der Waals surface area contributed by atoms with Gasteiger partial charge in [0.25, 0.3) is 5.69 Å². The fourth-order valence-corrected chi connectivity index (χ4v) is 4.46. The molecule has 1 aliphatic heterocycles.